The van der Waals surface area contributed by atoms with Gasteiger partial charge in [-0.15, -0.1) is 0 Å². The Labute approximate surface area is 232 Å². The summed E-state index contributed by atoms with van der Waals surface area (Å²) in [6.07, 6.45) is 1.58. The van der Waals surface area contributed by atoms with Gasteiger partial charge in [0.2, 0.25) is 0 Å². The lowest BCUT2D eigenvalue weighted by Gasteiger charge is -2.25. The number of nitrogens with zero attached hydrogens (tertiary/aromatic N) is 4. The van der Waals surface area contributed by atoms with Gasteiger partial charge in [0.1, 0.15) is 11.5 Å². The Hall–Kier alpha value is -4.77. The fraction of sp³-hybridized carbons (Fsp3) is 0.207. The number of carbonyl (C=O) groups excluding carboxylic acids is 1. The van der Waals surface area contributed by atoms with Gasteiger partial charge in [0.25, 0.3) is 11.2 Å². The molecular formula is C29H26N4O6S. The number of carbonyl (C=O) groups is 1. The van der Waals surface area contributed by atoms with E-state index in [2.05, 4.69) is 4.99 Å². The number of anilines is 1. The van der Waals surface area contributed by atoms with Gasteiger partial charge in [-0.05, 0) is 49.7 Å². The second kappa shape index (κ2) is 10.8. The number of furan rings is 1. The van der Waals surface area contributed by atoms with Crippen LogP contribution in [0, 0.1) is 10.1 Å². The van der Waals surface area contributed by atoms with Crippen molar-refractivity contribution in [1.29, 1.82) is 0 Å². The van der Waals surface area contributed by atoms with Crippen molar-refractivity contribution in [2.45, 2.75) is 19.9 Å². The molecule has 11 heteroatoms. The molecule has 2 aromatic heterocycles. The van der Waals surface area contributed by atoms with E-state index in [-0.39, 0.29) is 17.9 Å². The van der Waals surface area contributed by atoms with Gasteiger partial charge in [0.15, 0.2) is 4.80 Å². The van der Waals surface area contributed by atoms with Crippen LogP contribution in [0.3, 0.4) is 0 Å². The van der Waals surface area contributed by atoms with E-state index >= 15 is 0 Å². The first-order valence-corrected chi connectivity index (χ1v) is 13.3. The van der Waals surface area contributed by atoms with Crippen molar-refractivity contribution in [1.82, 2.24) is 4.57 Å². The van der Waals surface area contributed by atoms with Crippen molar-refractivity contribution >= 4 is 34.8 Å². The molecule has 0 amide bonds. The molecule has 4 aromatic rings. The molecule has 0 fully saturated rings. The Morgan fingerprint density at radius 1 is 1.18 bits per heavy atom. The van der Waals surface area contributed by atoms with E-state index in [0.717, 1.165) is 11.3 Å². The number of aromatic nitrogens is 1. The third-order valence-corrected chi connectivity index (χ3v) is 7.49. The molecule has 0 aliphatic carbocycles. The maximum absolute atomic E-state index is 13.8. The first kappa shape index (κ1) is 26.8. The number of thiazole rings is 1. The number of hydrogen-bond acceptors (Lipinski definition) is 9. The number of allylic oxidation sites excluding steroid dienone is 1. The molecular weight excluding hydrogens is 532 g/mol. The lowest BCUT2D eigenvalue weighted by molar-refractivity contribution is -0.384. The number of ether oxygens (including phenoxy) is 1. The van der Waals surface area contributed by atoms with E-state index < -0.39 is 16.9 Å². The zero-order valence-corrected chi connectivity index (χ0v) is 23.1. The minimum absolute atomic E-state index is 0.0787. The Balaban J connectivity index is 1.63. The predicted octanol–water partition coefficient (Wildman–Crippen LogP) is 4.03. The highest BCUT2D eigenvalue weighted by Gasteiger charge is 2.33. The molecule has 1 aliphatic rings. The molecule has 40 heavy (non-hydrogen) atoms. The van der Waals surface area contributed by atoms with Crippen molar-refractivity contribution in [3.8, 4) is 11.3 Å². The average Bonchev–Trinajstić information content (AvgIpc) is 3.52. The summed E-state index contributed by atoms with van der Waals surface area (Å²) in [6.45, 7) is 3.65. The number of fused-ring (bicyclic) bond motifs is 1. The summed E-state index contributed by atoms with van der Waals surface area (Å²) in [4.78, 5) is 44.8. The zero-order valence-electron chi connectivity index (χ0n) is 22.3. The van der Waals surface area contributed by atoms with E-state index in [1.165, 1.54) is 22.0 Å². The first-order chi connectivity index (χ1) is 19.2. The van der Waals surface area contributed by atoms with Crippen LogP contribution in [0.25, 0.3) is 17.4 Å². The largest absolute Gasteiger partial charge is 0.463 e. The van der Waals surface area contributed by atoms with E-state index in [1.54, 1.807) is 50.3 Å². The lowest BCUT2D eigenvalue weighted by atomic mass is 9.95. The maximum atomic E-state index is 13.8. The monoisotopic (exact) mass is 558 g/mol. The van der Waals surface area contributed by atoms with Gasteiger partial charge in [-0.1, -0.05) is 35.6 Å². The highest BCUT2D eigenvalue weighted by molar-refractivity contribution is 7.07. The minimum Gasteiger partial charge on any atom is -0.463 e. The summed E-state index contributed by atoms with van der Waals surface area (Å²) in [7, 11) is 3.87. The van der Waals surface area contributed by atoms with Crippen molar-refractivity contribution < 1.29 is 18.9 Å². The average molecular weight is 559 g/mol. The van der Waals surface area contributed by atoms with E-state index in [4.69, 9.17) is 9.15 Å². The second-order valence-electron chi connectivity index (χ2n) is 9.26. The van der Waals surface area contributed by atoms with E-state index in [9.17, 15) is 19.7 Å². The van der Waals surface area contributed by atoms with Gasteiger partial charge in [0.05, 0.1) is 38.9 Å². The van der Waals surface area contributed by atoms with Crippen LogP contribution < -0.4 is 19.8 Å². The number of hydrogen-bond donors (Lipinski definition) is 0. The molecule has 0 unspecified atom stereocenters. The van der Waals surface area contributed by atoms with Crippen LogP contribution in [0.4, 0.5) is 11.4 Å². The van der Waals surface area contributed by atoms with Crippen LogP contribution >= 0.6 is 11.3 Å². The standard InChI is InChI=1S/C29H26N4O6S/c1-5-38-28(35)25-17(2)30-29-32(26(25)18-10-12-19(13-11-18)31(3)4)27(34)24(40-29)16-20-14-15-23(39-20)21-8-6-7-9-22(21)33(36)37/h6-16,26H,5H2,1-4H3/t26-/m1/s1. The lowest BCUT2D eigenvalue weighted by Crippen LogP contribution is -2.39. The molecule has 0 bridgehead atoms. The molecule has 3 heterocycles. The number of nitro groups is 1. The minimum atomic E-state index is -0.729. The Morgan fingerprint density at radius 3 is 2.58 bits per heavy atom. The van der Waals surface area contributed by atoms with Gasteiger partial charge >= 0.3 is 5.97 Å². The maximum Gasteiger partial charge on any atom is 0.338 e. The molecule has 0 N–H and O–H groups in total. The summed E-state index contributed by atoms with van der Waals surface area (Å²) < 4.78 is 13.1. The zero-order chi connectivity index (χ0) is 28.6. The van der Waals surface area contributed by atoms with Crippen molar-refractivity contribution in [2.24, 2.45) is 4.99 Å². The Bertz CT molecular complexity index is 1830. The van der Waals surface area contributed by atoms with Crippen LogP contribution in [0.5, 0.6) is 0 Å². The van der Waals surface area contributed by atoms with Crippen molar-refractivity contribution in [3.63, 3.8) is 0 Å². The second-order valence-corrected chi connectivity index (χ2v) is 10.3. The number of esters is 1. The smallest absolute Gasteiger partial charge is 0.338 e. The van der Waals surface area contributed by atoms with Crippen molar-refractivity contribution in [3.05, 3.63) is 113 Å². The SMILES string of the molecule is CCOC(=O)C1=C(C)N=c2sc(=Cc3ccc(-c4ccccc4[N+](=O)[O-])o3)c(=O)n2[C@@H]1c1ccc(N(C)C)cc1. The van der Waals surface area contributed by atoms with Crippen LogP contribution in [0.1, 0.15) is 31.2 Å². The number of nitro benzene ring substituents is 1. The predicted molar refractivity (Wildman–Crippen MR) is 152 cm³/mol. The number of benzene rings is 2. The molecule has 0 radical (unpaired) electrons. The first-order valence-electron chi connectivity index (χ1n) is 12.5. The molecule has 204 valence electrons. The highest BCUT2D eigenvalue weighted by Crippen LogP contribution is 2.32. The van der Waals surface area contributed by atoms with Crippen LogP contribution in [0.2, 0.25) is 0 Å². The van der Waals surface area contributed by atoms with Crippen molar-refractivity contribution in [2.75, 3.05) is 25.6 Å². The summed E-state index contributed by atoms with van der Waals surface area (Å²) in [5.74, 6) is 0.136. The summed E-state index contributed by atoms with van der Waals surface area (Å²) >= 11 is 1.17. The highest BCUT2D eigenvalue weighted by atomic mass is 32.1. The fourth-order valence-corrected chi connectivity index (χ4v) is 5.63. The van der Waals surface area contributed by atoms with Crippen LogP contribution in [0.15, 0.2) is 86.1 Å². The Morgan fingerprint density at radius 2 is 1.90 bits per heavy atom. The van der Waals surface area contributed by atoms with Crippen LogP contribution in [-0.2, 0) is 9.53 Å². The molecule has 0 spiro atoms. The quantitative estimate of drug-likeness (QED) is 0.191. The van der Waals surface area contributed by atoms with Gasteiger partial charge in [-0.2, -0.15) is 0 Å². The normalized spacial score (nSPS) is 15.0. The molecule has 1 atom stereocenters. The number of rotatable bonds is 7. The molecule has 1 aliphatic heterocycles. The Kier molecular flexibility index (Phi) is 7.22. The molecule has 0 saturated heterocycles. The summed E-state index contributed by atoms with van der Waals surface area (Å²) in [5.41, 5.74) is 2.41. The van der Waals surface area contributed by atoms with Gasteiger partial charge in [-0.25, -0.2) is 9.79 Å². The molecule has 10 nitrogen and oxygen atoms in total. The fourth-order valence-electron chi connectivity index (χ4n) is 4.61. The van der Waals surface area contributed by atoms with Gasteiger partial charge in [0, 0.05) is 31.9 Å². The van der Waals surface area contributed by atoms with E-state index in [1.807, 2.05) is 43.3 Å². The topological polar surface area (TPSA) is 120 Å². The van der Waals surface area contributed by atoms with E-state index in [0.29, 0.717) is 37.7 Å². The number of para-hydroxylation sites is 1. The summed E-state index contributed by atoms with van der Waals surface area (Å²) in [5, 5.41) is 11.5. The van der Waals surface area contributed by atoms with Gasteiger partial charge < -0.3 is 14.1 Å². The third kappa shape index (κ3) is 4.87. The third-order valence-electron chi connectivity index (χ3n) is 6.51. The van der Waals surface area contributed by atoms with Gasteiger partial charge in [-0.3, -0.25) is 19.5 Å². The molecule has 2 aromatic carbocycles. The summed E-state index contributed by atoms with van der Waals surface area (Å²) in [6, 6.07) is 16.5. The molecule has 0 saturated carbocycles. The molecule has 5 rings (SSSR count). The van der Waals surface area contributed by atoms with Crippen LogP contribution in [-0.4, -0.2) is 36.2 Å².